The monoisotopic (exact) mass is 380 g/mol. The number of hydrogen-bond acceptors (Lipinski definition) is 3. The highest BCUT2D eigenvalue weighted by Gasteiger charge is 2.34. The van der Waals surface area contributed by atoms with Crippen LogP contribution in [0.5, 0.6) is 0 Å². The summed E-state index contributed by atoms with van der Waals surface area (Å²) in [5, 5.41) is 0. The molecule has 1 aliphatic rings. The normalized spacial score (nSPS) is 17.4. The summed E-state index contributed by atoms with van der Waals surface area (Å²) < 4.78 is 20.1. The molecule has 0 radical (unpaired) electrons. The summed E-state index contributed by atoms with van der Waals surface area (Å²) in [6.07, 6.45) is 2.30. The molecule has 28 heavy (non-hydrogen) atoms. The van der Waals surface area contributed by atoms with Crippen molar-refractivity contribution in [2.45, 2.75) is 46.1 Å². The molecule has 0 spiro atoms. The van der Waals surface area contributed by atoms with Crippen molar-refractivity contribution in [3.63, 3.8) is 0 Å². The van der Waals surface area contributed by atoms with Gasteiger partial charge in [0.2, 0.25) is 11.8 Å². The molecule has 1 saturated heterocycles. The van der Waals surface area contributed by atoms with Crippen molar-refractivity contribution in [3.8, 4) is 11.1 Å². The minimum Gasteiger partial charge on any atom is -0.438 e. The standard InChI is InChI=1S/C23H25FN2O2/c1-23(2,3)14-21(27)26-12-6-9-19(26)22-25-18-13-15(10-11-20(18)28-22)16-7-4-5-8-17(16)24/h4-5,7-8,10-11,13,19H,6,9,12,14H2,1-3H3. The number of oxazole rings is 1. The zero-order valence-electron chi connectivity index (χ0n) is 16.5. The molecule has 3 aromatic rings. The van der Waals surface area contributed by atoms with E-state index in [0.717, 1.165) is 24.9 Å². The Morgan fingerprint density at radius 2 is 2.04 bits per heavy atom. The second-order valence-corrected chi connectivity index (χ2v) is 8.70. The van der Waals surface area contributed by atoms with E-state index in [1.807, 2.05) is 29.2 Å². The maximum atomic E-state index is 14.1. The molecule has 146 valence electrons. The van der Waals surface area contributed by atoms with E-state index in [9.17, 15) is 9.18 Å². The van der Waals surface area contributed by atoms with Crippen LogP contribution in [-0.2, 0) is 4.79 Å². The lowest BCUT2D eigenvalue weighted by Gasteiger charge is -2.26. The first kappa shape index (κ1) is 18.7. The van der Waals surface area contributed by atoms with Crippen LogP contribution in [0.2, 0.25) is 0 Å². The predicted octanol–water partition coefficient (Wildman–Crippen LogP) is 5.73. The van der Waals surface area contributed by atoms with Crippen LogP contribution >= 0.6 is 0 Å². The number of fused-ring (bicyclic) bond motifs is 1. The molecule has 2 aromatic carbocycles. The first-order chi connectivity index (χ1) is 13.3. The van der Waals surface area contributed by atoms with Crippen molar-refractivity contribution in [1.29, 1.82) is 0 Å². The van der Waals surface area contributed by atoms with E-state index < -0.39 is 0 Å². The van der Waals surface area contributed by atoms with E-state index in [-0.39, 0.29) is 23.2 Å². The predicted molar refractivity (Wildman–Crippen MR) is 107 cm³/mol. The van der Waals surface area contributed by atoms with Gasteiger partial charge in [0.05, 0.1) is 0 Å². The van der Waals surface area contributed by atoms with Crippen LogP contribution in [0.1, 0.15) is 52.0 Å². The molecule has 4 nitrogen and oxygen atoms in total. The second-order valence-electron chi connectivity index (χ2n) is 8.70. The number of nitrogens with zero attached hydrogens (tertiary/aromatic N) is 2. The third kappa shape index (κ3) is 3.66. The highest BCUT2D eigenvalue weighted by Crippen LogP contribution is 2.36. The fraction of sp³-hybridized carbons (Fsp3) is 0.391. The van der Waals surface area contributed by atoms with E-state index in [4.69, 9.17) is 4.42 Å². The van der Waals surface area contributed by atoms with Gasteiger partial charge < -0.3 is 9.32 Å². The Morgan fingerprint density at radius 1 is 1.25 bits per heavy atom. The van der Waals surface area contributed by atoms with E-state index in [0.29, 0.717) is 29.0 Å². The molecule has 2 heterocycles. The summed E-state index contributed by atoms with van der Waals surface area (Å²) in [5.41, 5.74) is 2.59. The average Bonchev–Trinajstić information content (AvgIpc) is 3.26. The average molecular weight is 380 g/mol. The molecule has 0 saturated carbocycles. The number of likely N-dealkylation sites (tertiary alicyclic amines) is 1. The largest absolute Gasteiger partial charge is 0.438 e. The summed E-state index contributed by atoms with van der Waals surface area (Å²) in [6.45, 7) is 6.94. The van der Waals surface area contributed by atoms with Crippen LogP contribution in [0.3, 0.4) is 0 Å². The summed E-state index contributed by atoms with van der Waals surface area (Å²) in [4.78, 5) is 19.3. The van der Waals surface area contributed by atoms with E-state index in [1.165, 1.54) is 6.07 Å². The van der Waals surface area contributed by atoms with Crippen LogP contribution in [0.15, 0.2) is 46.9 Å². The molecule has 1 aliphatic heterocycles. The Hall–Kier alpha value is -2.69. The molecule has 1 aromatic heterocycles. The molecule has 1 amide bonds. The Bertz CT molecular complexity index is 1020. The molecule has 0 bridgehead atoms. The van der Waals surface area contributed by atoms with Gasteiger partial charge in [0.1, 0.15) is 17.4 Å². The fourth-order valence-electron chi connectivity index (χ4n) is 3.83. The number of carbonyl (C=O) groups excluding carboxylic acids is 1. The second kappa shape index (κ2) is 7.04. The van der Waals surface area contributed by atoms with Gasteiger partial charge in [-0.05, 0) is 42.0 Å². The van der Waals surface area contributed by atoms with Crippen LogP contribution in [0.25, 0.3) is 22.2 Å². The third-order valence-corrected chi connectivity index (χ3v) is 5.13. The van der Waals surface area contributed by atoms with Gasteiger partial charge in [0.25, 0.3) is 0 Å². The van der Waals surface area contributed by atoms with Crippen LogP contribution in [0.4, 0.5) is 4.39 Å². The number of amides is 1. The van der Waals surface area contributed by atoms with Crippen LogP contribution in [0, 0.1) is 11.2 Å². The van der Waals surface area contributed by atoms with E-state index in [2.05, 4.69) is 25.8 Å². The Kier molecular flexibility index (Phi) is 4.69. The van der Waals surface area contributed by atoms with Gasteiger partial charge in [-0.2, -0.15) is 0 Å². The molecule has 0 N–H and O–H groups in total. The molecule has 4 rings (SSSR count). The van der Waals surface area contributed by atoms with Crippen LogP contribution in [-0.4, -0.2) is 22.3 Å². The zero-order chi connectivity index (χ0) is 19.9. The van der Waals surface area contributed by atoms with Crippen molar-refractivity contribution in [1.82, 2.24) is 9.88 Å². The highest BCUT2D eigenvalue weighted by molar-refractivity contribution is 5.81. The number of aromatic nitrogens is 1. The minimum atomic E-state index is -0.264. The Balaban J connectivity index is 1.64. The number of rotatable bonds is 3. The van der Waals surface area contributed by atoms with Crippen molar-refractivity contribution in [3.05, 3.63) is 54.2 Å². The zero-order valence-corrected chi connectivity index (χ0v) is 16.5. The molecule has 1 fully saturated rings. The molecular weight excluding hydrogens is 355 g/mol. The number of benzene rings is 2. The number of halogens is 1. The topological polar surface area (TPSA) is 46.3 Å². The quantitative estimate of drug-likeness (QED) is 0.583. The molecule has 5 heteroatoms. The SMILES string of the molecule is CC(C)(C)CC(=O)N1CCCC1c1nc2cc(-c3ccccc3F)ccc2o1. The lowest BCUT2D eigenvalue weighted by Crippen LogP contribution is -2.33. The van der Waals surface area contributed by atoms with Gasteiger partial charge in [0.15, 0.2) is 5.58 Å². The third-order valence-electron chi connectivity index (χ3n) is 5.13. The minimum absolute atomic E-state index is 0.0554. The Morgan fingerprint density at radius 3 is 2.79 bits per heavy atom. The van der Waals surface area contributed by atoms with Crippen molar-refractivity contribution in [2.75, 3.05) is 6.54 Å². The van der Waals surface area contributed by atoms with E-state index >= 15 is 0 Å². The summed E-state index contributed by atoms with van der Waals surface area (Å²) in [6, 6.07) is 12.1. The fourth-order valence-corrected chi connectivity index (χ4v) is 3.83. The molecular formula is C23H25FN2O2. The van der Waals surface area contributed by atoms with Gasteiger partial charge in [-0.1, -0.05) is 45.0 Å². The van der Waals surface area contributed by atoms with Gasteiger partial charge in [-0.15, -0.1) is 0 Å². The van der Waals surface area contributed by atoms with Gasteiger partial charge in [-0.25, -0.2) is 9.37 Å². The first-order valence-electron chi connectivity index (χ1n) is 9.77. The van der Waals surface area contributed by atoms with Crippen molar-refractivity contribution < 1.29 is 13.6 Å². The van der Waals surface area contributed by atoms with Gasteiger partial charge >= 0.3 is 0 Å². The van der Waals surface area contributed by atoms with Crippen molar-refractivity contribution in [2.24, 2.45) is 5.41 Å². The van der Waals surface area contributed by atoms with Gasteiger partial charge in [0, 0.05) is 18.5 Å². The first-order valence-corrected chi connectivity index (χ1v) is 9.77. The molecule has 1 atom stereocenters. The maximum absolute atomic E-state index is 14.1. The van der Waals surface area contributed by atoms with Gasteiger partial charge in [-0.3, -0.25) is 4.79 Å². The maximum Gasteiger partial charge on any atom is 0.223 e. The Labute approximate surface area is 164 Å². The molecule has 0 aliphatic carbocycles. The van der Waals surface area contributed by atoms with E-state index in [1.54, 1.807) is 12.1 Å². The number of carbonyl (C=O) groups is 1. The highest BCUT2D eigenvalue weighted by atomic mass is 19.1. The molecule has 1 unspecified atom stereocenters. The lowest BCUT2D eigenvalue weighted by molar-refractivity contribution is -0.134. The summed E-state index contributed by atoms with van der Waals surface area (Å²) >= 11 is 0. The summed E-state index contributed by atoms with van der Waals surface area (Å²) in [7, 11) is 0. The smallest absolute Gasteiger partial charge is 0.223 e. The van der Waals surface area contributed by atoms with Crippen molar-refractivity contribution >= 4 is 17.0 Å². The van der Waals surface area contributed by atoms with Crippen LogP contribution < -0.4 is 0 Å². The number of hydrogen-bond donors (Lipinski definition) is 0. The summed E-state index contributed by atoms with van der Waals surface area (Å²) in [5.74, 6) is 0.449. The lowest BCUT2D eigenvalue weighted by atomic mass is 9.91.